The van der Waals surface area contributed by atoms with Crippen molar-refractivity contribution in [2.45, 2.75) is 25.3 Å². The lowest BCUT2D eigenvalue weighted by Gasteiger charge is -2.30. The Bertz CT molecular complexity index is 1250. The van der Waals surface area contributed by atoms with Crippen molar-refractivity contribution in [3.05, 3.63) is 74.8 Å². The first kappa shape index (κ1) is 21.9. The lowest BCUT2D eigenvalue weighted by Crippen LogP contribution is -2.44. The summed E-state index contributed by atoms with van der Waals surface area (Å²) in [7, 11) is 0. The zero-order valence-corrected chi connectivity index (χ0v) is 19.0. The van der Waals surface area contributed by atoms with Crippen LogP contribution in [0.2, 0.25) is 5.02 Å². The highest BCUT2D eigenvalue weighted by Crippen LogP contribution is 2.38. The van der Waals surface area contributed by atoms with E-state index in [1.165, 1.54) is 6.07 Å². The van der Waals surface area contributed by atoms with Gasteiger partial charge in [0, 0.05) is 55.4 Å². The molecular formula is C25H26ClFN4O2. The van der Waals surface area contributed by atoms with Crippen molar-refractivity contribution >= 4 is 34.1 Å². The quantitative estimate of drug-likeness (QED) is 0.581. The number of rotatable bonds is 6. The van der Waals surface area contributed by atoms with Gasteiger partial charge in [-0.3, -0.25) is 9.59 Å². The van der Waals surface area contributed by atoms with Gasteiger partial charge in [0.25, 0.3) is 5.91 Å². The monoisotopic (exact) mass is 468 g/mol. The predicted molar refractivity (Wildman–Crippen MR) is 129 cm³/mol. The Morgan fingerprint density at radius 2 is 1.88 bits per heavy atom. The fourth-order valence-electron chi connectivity index (χ4n) is 4.39. The molecule has 5 rings (SSSR count). The molecule has 1 saturated heterocycles. The van der Waals surface area contributed by atoms with Crippen molar-refractivity contribution in [2.75, 3.05) is 37.6 Å². The molecule has 1 aliphatic carbocycles. The van der Waals surface area contributed by atoms with Crippen LogP contribution in [0.15, 0.2) is 47.4 Å². The number of amides is 1. The molecule has 2 N–H and O–H groups in total. The zero-order chi connectivity index (χ0) is 22.9. The molecule has 0 unspecified atom stereocenters. The first-order valence-electron chi connectivity index (χ1n) is 11.4. The van der Waals surface area contributed by atoms with Crippen LogP contribution in [0.3, 0.4) is 0 Å². The fourth-order valence-corrected chi connectivity index (χ4v) is 4.52. The Morgan fingerprint density at radius 1 is 1.15 bits per heavy atom. The highest BCUT2D eigenvalue weighted by atomic mass is 35.5. The fraction of sp³-hybridized carbons (Fsp3) is 0.360. The van der Waals surface area contributed by atoms with E-state index in [4.69, 9.17) is 11.6 Å². The van der Waals surface area contributed by atoms with Crippen LogP contribution in [-0.4, -0.2) is 43.2 Å². The van der Waals surface area contributed by atoms with E-state index in [9.17, 15) is 9.59 Å². The normalized spacial score (nSPS) is 16.2. The Labute approximate surface area is 196 Å². The van der Waals surface area contributed by atoms with E-state index in [0.717, 1.165) is 31.5 Å². The molecule has 33 heavy (non-hydrogen) atoms. The van der Waals surface area contributed by atoms with E-state index in [0.29, 0.717) is 42.3 Å². The van der Waals surface area contributed by atoms with Gasteiger partial charge in [0.1, 0.15) is 11.4 Å². The number of nitrogens with one attached hydrogen (secondary N) is 2. The Hall–Kier alpha value is -2.90. The number of pyridine rings is 1. The zero-order valence-electron chi connectivity index (χ0n) is 18.2. The molecular weight excluding hydrogens is 443 g/mol. The lowest BCUT2D eigenvalue weighted by molar-refractivity contribution is 0.0952. The second-order valence-corrected chi connectivity index (χ2v) is 9.14. The molecule has 2 fully saturated rings. The highest BCUT2D eigenvalue weighted by Gasteiger charge is 2.28. The number of fused-ring (bicyclic) bond motifs is 1. The summed E-state index contributed by atoms with van der Waals surface area (Å²) in [6.07, 6.45) is 4.24. The summed E-state index contributed by atoms with van der Waals surface area (Å²) < 4.78 is 17.0. The molecule has 8 heteroatoms. The molecule has 0 spiro atoms. The smallest absolute Gasteiger partial charge is 0.256 e. The Morgan fingerprint density at radius 3 is 2.58 bits per heavy atom. The molecule has 172 valence electrons. The minimum Gasteiger partial charge on any atom is -0.367 e. The molecule has 1 amide bonds. The van der Waals surface area contributed by atoms with Gasteiger partial charge in [-0.15, -0.1) is 0 Å². The van der Waals surface area contributed by atoms with Crippen LogP contribution in [0.1, 0.15) is 34.8 Å². The largest absolute Gasteiger partial charge is 0.367 e. The van der Waals surface area contributed by atoms with Gasteiger partial charge in [-0.25, -0.2) is 4.39 Å². The molecule has 2 aromatic carbocycles. The number of hydrogen-bond acceptors (Lipinski definition) is 4. The topological polar surface area (TPSA) is 66.4 Å². The van der Waals surface area contributed by atoms with Gasteiger partial charge in [0.15, 0.2) is 0 Å². The van der Waals surface area contributed by atoms with Crippen molar-refractivity contribution in [1.29, 1.82) is 0 Å². The number of anilines is 1. The number of carbonyl (C=O) groups excluding carboxylic acids is 1. The molecule has 1 aromatic heterocycles. The second kappa shape index (κ2) is 9.15. The van der Waals surface area contributed by atoms with E-state index >= 15 is 4.39 Å². The average molecular weight is 469 g/mol. The maximum Gasteiger partial charge on any atom is 0.256 e. The Balaban J connectivity index is 1.44. The molecule has 2 heterocycles. The summed E-state index contributed by atoms with van der Waals surface area (Å²) >= 11 is 5.91. The van der Waals surface area contributed by atoms with E-state index in [2.05, 4.69) is 10.6 Å². The van der Waals surface area contributed by atoms with E-state index in [-0.39, 0.29) is 17.0 Å². The molecule has 1 aliphatic heterocycles. The maximum atomic E-state index is 15.1. The lowest BCUT2D eigenvalue weighted by atomic mass is 10.1. The third kappa shape index (κ3) is 4.61. The first-order chi connectivity index (χ1) is 16.0. The van der Waals surface area contributed by atoms with Crippen LogP contribution in [-0.2, 0) is 6.42 Å². The van der Waals surface area contributed by atoms with Crippen LogP contribution in [0, 0.1) is 5.82 Å². The molecule has 0 radical (unpaired) electrons. The van der Waals surface area contributed by atoms with E-state index < -0.39 is 17.2 Å². The van der Waals surface area contributed by atoms with Crippen molar-refractivity contribution in [3.8, 4) is 0 Å². The number of carbonyl (C=O) groups is 1. The van der Waals surface area contributed by atoms with Gasteiger partial charge >= 0.3 is 0 Å². The average Bonchev–Trinajstić information content (AvgIpc) is 3.66. The van der Waals surface area contributed by atoms with Crippen LogP contribution in [0.4, 0.5) is 10.1 Å². The standard InChI is InChI=1S/C25H26ClFN4O2/c26-17-3-1-16(2-4-17)7-8-29-25(33)20-15-31(18-5-6-18)22-14-23(30-11-9-28-10-12-30)21(27)13-19(22)24(20)32/h1-4,13-15,18,28H,5-12H2,(H,29,33). The predicted octanol–water partition coefficient (Wildman–Crippen LogP) is 3.51. The molecule has 3 aromatic rings. The van der Waals surface area contributed by atoms with Gasteiger partial charge < -0.3 is 20.1 Å². The molecule has 2 aliphatic rings. The minimum atomic E-state index is -0.434. The van der Waals surface area contributed by atoms with E-state index in [1.807, 2.05) is 21.6 Å². The first-order valence-corrected chi connectivity index (χ1v) is 11.8. The van der Waals surface area contributed by atoms with Gasteiger partial charge in [-0.1, -0.05) is 23.7 Å². The minimum absolute atomic E-state index is 0.0554. The number of halogens is 2. The SMILES string of the molecule is O=C(NCCc1ccc(Cl)cc1)c1cn(C2CC2)c2cc(N3CCNCC3)c(F)cc2c1=O. The third-order valence-corrected chi connectivity index (χ3v) is 6.61. The van der Waals surface area contributed by atoms with Crippen molar-refractivity contribution in [3.63, 3.8) is 0 Å². The second-order valence-electron chi connectivity index (χ2n) is 8.70. The van der Waals surface area contributed by atoms with Crippen LogP contribution in [0.5, 0.6) is 0 Å². The molecule has 0 atom stereocenters. The van der Waals surface area contributed by atoms with Gasteiger partial charge in [-0.05, 0) is 49.1 Å². The summed E-state index contributed by atoms with van der Waals surface area (Å²) in [5.41, 5.74) is 1.86. The number of nitrogens with zero attached hydrogens (tertiary/aromatic N) is 2. The number of piperazine rings is 1. The number of aromatic nitrogens is 1. The van der Waals surface area contributed by atoms with Crippen LogP contribution >= 0.6 is 11.6 Å². The Kier molecular flexibility index (Phi) is 6.08. The molecule has 0 bridgehead atoms. The van der Waals surface area contributed by atoms with Crippen LogP contribution < -0.4 is 21.0 Å². The number of hydrogen-bond donors (Lipinski definition) is 2. The summed E-state index contributed by atoms with van der Waals surface area (Å²) in [6, 6.07) is 10.7. The summed E-state index contributed by atoms with van der Waals surface area (Å²) in [4.78, 5) is 28.1. The van der Waals surface area contributed by atoms with Crippen molar-refractivity contribution < 1.29 is 9.18 Å². The summed E-state index contributed by atoms with van der Waals surface area (Å²) in [6.45, 7) is 3.40. The summed E-state index contributed by atoms with van der Waals surface area (Å²) in [5.74, 6) is -0.860. The van der Waals surface area contributed by atoms with Gasteiger partial charge in [0.2, 0.25) is 5.43 Å². The maximum absolute atomic E-state index is 15.1. The molecule has 1 saturated carbocycles. The number of benzene rings is 2. The summed E-state index contributed by atoms with van der Waals surface area (Å²) in [5, 5.41) is 7.02. The van der Waals surface area contributed by atoms with Gasteiger partial charge in [-0.2, -0.15) is 0 Å². The van der Waals surface area contributed by atoms with Crippen molar-refractivity contribution in [1.82, 2.24) is 15.2 Å². The van der Waals surface area contributed by atoms with Gasteiger partial charge in [0.05, 0.1) is 11.2 Å². The van der Waals surface area contributed by atoms with Crippen molar-refractivity contribution in [2.24, 2.45) is 0 Å². The van der Waals surface area contributed by atoms with Crippen LogP contribution in [0.25, 0.3) is 10.9 Å². The van der Waals surface area contributed by atoms with E-state index in [1.54, 1.807) is 24.4 Å². The third-order valence-electron chi connectivity index (χ3n) is 6.36. The highest BCUT2D eigenvalue weighted by molar-refractivity contribution is 6.30. The molecule has 6 nitrogen and oxygen atoms in total.